The monoisotopic (exact) mass is 234 g/mol. The van der Waals surface area contributed by atoms with Crippen LogP contribution in [0.25, 0.3) is 5.95 Å². The van der Waals surface area contributed by atoms with Crippen LogP contribution < -0.4 is 0 Å². The first-order valence-electron chi connectivity index (χ1n) is 4.80. The maximum Gasteiger partial charge on any atom is 0.377 e. The van der Waals surface area contributed by atoms with Crippen molar-refractivity contribution >= 4 is 5.97 Å². The zero-order valence-electron chi connectivity index (χ0n) is 9.58. The van der Waals surface area contributed by atoms with Crippen LogP contribution in [0.15, 0.2) is 6.33 Å². The summed E-state index contributed by atoms with van der Waals surface area (Å²) < 4.78 is 5.76. The molecule has 2 aromatic heterocycles. The fourth-order valence-electron chi connectivity index (χ4n) is 1.09. The Morgan fingerprint density at radius 1 is 1.29 bits per heavy atom. The third-order valence-electron chi connectivity index (χ3n) is 2.15. The van der Waals surface area contributed by atoms with E-state index in [0.717, 1.165) is 11.4 Å². The molecular weight excluding hydrogens is 224 g/mol. The lowest BCUT2D eigenvalue weighted by Gasteiger charge is -2.00. The van der Waals surface area contributed by atoms with Crippen molar-refractivity contribution in [3.05, 3.63) is 23.5 Å². The maximum atomic E-state index is 11.2. The molecule has 2 rings (SSSR count). The van der Waals surface area contributed by atoms with Gasteiger partial charge in [0.2, 0.25) is 0 Å². The van der Waals surface area contributed by atoms with Gasteiger partial charge in [-0.15, -0.1) is 10.2 Å². The van der Waals surface area contributed by atoms with Crippen molar-refractivity contribution < 1.29 is 9.53 Å². The minimum absolute atomic E-state index is 0.0469. The second-order valence-corrected chi connectivity index (χ2v) is 3.29. The third kappa shape index (κ3) is 2.10. The zero-order valence-corrected chi connectivity index (χ0v) is 9.58. The van der Waals surface area contributed by atoms with E-state index in [9.17, 15) is 4.79 Å². The van der Waals surface area contributed by atoms with Crippen LogP contribution in [0.5, 0.6) is 0 Å². The van der Waals surface area contributed by atoms with E-state index in [4.69, 9.17) is 0 Å². The number of aromatic nitrogens is 6. The standard InChI is InChI=1S/C9H10N6O2/c1-5-6(2)12-13-9(11-5)15-4-10-7(14-15)8(16)17-3/h4H,1-3H3. The largest absolute Gasteiger partial charge is 0.463 e. The van der Waals surface area contributed by atoms with E-state index in [1.807, 2.05) is 6.92 Å². The first kappa shape index (κ1) is 11.1. The fraction of sp³-hybridized carbons (Fsp3) is 0.333. The summed E-state index contributed by atoms with van der Waals surface area (Å²) in [6.45, 7) is 3.62. The summed E-state index contributed by atoms with van der Waals surface area (Å²) in [5, 5.41) is 11.7. The van der Waals surface area contributed by atoms with Crippen LogP contribution in [0, 0.1) is 13.8 Å². The highest BCUT2D eigenvalue weighted by atomic mass is 16.5. The highest BCUT2D eigenvalue weighted by molar-refractivity contribution is 5.84. The number of ether oxygens (including phenoxy) is 1. The van der Waals surface area contributed by atoms with E-state index in [1.54, 1.807) is 6.92 Å². The lowest BCUT2D eigenvalue weighted by molar-refractivity contribution is 0.0587. The van der Waals surface area contributed by atoms with E-state index < -0.39 is 5.97 Å². The molecule has 2 aromatic rings. The van der Waals surface area contributed by atoms with Crippen LogP contribution in [0.2, 0.25) is 0 Å². The first-order valence-corrected chi connectivity index (χ1v) is 4.80. The molecular formula is C9H10N6O2. The molecule has 0 saturated heterocycles. The van der Waals surface area contributed by atoms with Gasteiger partial charge in [-0.2, -0.15) is 9.78 Å². The Labute approximate surface area is 96.7 Å². The molecule has 0 N–H and O–H groups in total. The summed E-state index contributed by atoms with van der Waals surface area (Å²) in [5.41, 5.74) is 1.48. The van der Waals surface area contributed by atoms with Gasteiger partial charge in [-0.25, -0.2) is 14.8 Å². The molecule has 0 aromatic carbocycles. The van der Waals surface area contributed by atoms with Crippen LogP contribution >= 0.6 is 0 Å². The van der Waals surface area contributed by atoms with E-state index in [2.05, 4.69) is 30.0 Å². The van der Waals surface area contributed by atoms with E-state index in [0.29, 0.717) is 0 Å². The molecule has 2 heterocycles. The molecule has 0 saturated carbocycles. The summed E-state index contributed by atoms with van der Waals surface area (Å²) >= 11 is 0. The van der Waals surface area contributed by atoms with E-state index in [1.165, 1.54) is 18.1 Å². The number of nitrogens with zero attached hydrogens (tertiary/aromatic N) is 6. The molecule has 0 fully saturated rings. The lowest BCUT2D eigenvalue weighted by atomic mass is 10.4. The summed E-state index contributed by atoms with van der Waals surface area (Å²) in [6.07, 6.45) is 1.33. The third-order valence-corrected chi connectivity index (χ3v) is 2.15. The van der Waals surface area contributed by atoms with Gasteiger partial charge >= 0.3 is 5.97 Å². The van der Waals surface area contributed by atoms with Crippen molar-refractivity contribution in [1.29, 1.82) is 0 Å². The maximum absolute atomic E-state index is 11.2. The molecule has 0 spiro atoms. The Hall–Kier alpha value is -2.38. The number of esters is 1. The van der Waals surface area contributed by atoms with Gasteiger partial charge in [0.1, 0.15) is 6.33 Å². The smallest absolute Gasteiger partial charge is 0.377 e. The van der Waals surface area contributed by atoms with Gasteiger partial charge in [0.15, 0.2) is 0 Å². The Balaban J connectivity index is 2.37. The first-order chi connectivity index (χ1) is 8.11. The van der Waals surface area contributed by atoms with Crippen LogP contribution in [-0.4, -0.2) is 43.0 Å². The molecule has 8 nitrogen and oxygen atoms in total. The van der Waals surface area contributed by atoms with Gasteiger partial charge in [0.05, 0.1) is 18.5 Å². The van der Waals surface area contributed by atoms with Crippen molar-refractivity contribution in [3.63, 3.8) is 0 Å². The highest BCUT2D eigenvalue weighted by Gasteiger charge is 2.13. The van der Waals surface area contributed by atoms with Crippen molar-refractivity contribution in [2.75, 3.05) is 7.11 Å². The molecule has 0 aliphatic rings. The molecule has 0 aliphatic carbocycles. The van der Waals surface area contributed by atoms with E-state index >= 15 is 0 Å². The van der Waals surface area contributed by atoms with Crippen molar-refractivity contribution in [3.8, 4) is 5.95 Å². The topological polar surface area (TPSA) is 95.7 Å². The van der Waals surface area contributed by atoms with Crippen molar-refractivity contribution in [1.82, 2.24) is 29.9 Å². The normalized spacial score (nSPS) is 10.3. The quantitative estimate of drug-likeness (QED) is 0.667. The summed E-state index contributed by atoms with van der Waals surface area (Å²) in [4.78, 5) is 19.1. The molecule has 88 valence electrons. The minimum Gasteiger partial charge on any atom is -0.463 e. The Kier molecular flexibility index (Phi) is 2.77. The second-order valence-electron chi connectivity index (χ2n) is 3.29. The number of hydrogen-bond donors (Lipinski definition) is 0. The van der Waals surface area contributed by atoms with Crippen LogP contribution in [0.3, 0.4) is 0 Å². The molecule has 0 bridgehead atoms. The zero-order chi connectivity index (χ0) is 12.4. The number of aryl methyl sites for hydroxylation is 2. The predicted molar refractivity (Wildman–Crippen MR) is 55.6 cm³/mol. The van der Waals surface area contributed by atoms with Gasteiger partial charge in [-0.05, 0) is 13.8 Å². The summed E-state index contributed by atoms with van der Waals surface area (Å²) in [7, 11) is 1.26. The van der Waals surface area contributed by atoms with Gasteiger partial charge in [-0.3, -0.25) is 0 Å². The molecule has 0 aliphatic heterocycles. The Bertz CT molecular complexity index is 564. The van der Waals surface area contributed by atoms with Crippen molar-refractivity contribution in [2.45, 2.75) is 13.8 Å². The number of hydrogen-bond acceptors (Lipinski definition) is 7. The number of rotatable bonds is 2. The van der Waals surface area contributed by atoms with Crippen LogP contribution in [0.4, 0.5) is 0 Å². The highest BCUT2D eigenvalue weighted by Crippen LogP contribution is 2.02. The Morgan fingerprint density at radius 3 is 2.71 bits per heavy atom. The number of carbonyl (C=O) groups is 1. The predicted octanol–water partition coefficient (Wildman–Crippen LogP) is -0.144. The van der Waals surface area contributed by atoms with Gasteiger partial charge in [0.25, 0.3) is 11.8 Å². The number of carbonyl (C=O) groups excluding carboxylic acids is 1. The Morgan fingerprint density at radius 2 is 2.06 bits per heavy atom. The average molecular weight is 234 g/mol. The van der Waals surface area contributed by atoms with E-state index in [-0.39, 0.29) is 11.8 Å². The molecule has 0 unspecified atom stereocenters. The summed E-state index contributed by atoms with van der Waals surface area (Å²) in [6, 6.07) is 0. The molecule has 0 atom stereocenters. The van der Waals surface area contributed by atoms with Crippen LogP contribution in [0.1, 0.15) is 22.0 Å². The molecule has 8 heteroatoms. The van der Waals surface area contributed by atoms with Crippen LogP contribution in [-0.2, 0) is 4.74 Å². The minimum atomic E-state index is -0.611. The van der Waals surface area contributed by atoms with Gasteiger partial charge in [0, 0.05) is 0 Å². The van der Waals surface area contributed by atoms with Crippen molar-refractivity contribution in [2.24, 2.45) is 0 Å². The second kappa shape index (κ2) is 4.24. The molecule has 17 heavy (non-hydrogen) atoms. The van der Waals surface area contributed by atoms with Gasteiger partial charge in [-0.1, -0.05) is 0 Å². The van der Waals surface area contributed by atoms with Gasteiger partial charge < -0.3 is 4.74 Å². The molecule has 0 radical (unpaired) electrons. The SMILES string of the molecule is COC(=O)c1ncn(-c2nnc(C)c(C)n2)n1. The average Bonchev–Trinajstić information content (AvgIpc) is 2.81. The lowest BCUT2D eigenvalue weighted by Crippen LogP contribution is -2.09. The number of methoxy groups -OCH3 is 1. The summed E-state index contributed by atoms with van der Waals surface area (Å²) in [5.74, 6) is -0.398. The molecule has 0 amide bonds. The fourth-order valence-corrected chi connectivity index (χ4v) is 1.09.